The van der Waals surface area contributed by atoms with Crippen LogP contribution in [-0.2, 0) is 27.9 Å². The number of pyridine rings is 1. The number of carbonyl (C=O) groups excluding carboxylic acids is 3. The molecule has 1 unspecified atom stereocenters. The molecule has 1 atom stereocenters. The third kappa shape index (κ3) is 7.34. The maximum Gasteiger partial charge on any atom is 0.433 e. The number of nitrogens with zero attached hydrogens (tertiary/aromatic N) is 4. The third-order valence-corrected chi connectivity index (χ3v) is 8.75. The van der Waals surface area contributed by atoms with Crippen molar-refractivity contribution in [3.05, 3.63) is 83.3 Å². The SMILES string of the molecule is CC(C)(O)c1cc2nn(C3CCN(Cc4ccccc4NC4CCC(=O)NC4=O)CC3)cc2cc1NC(=O)c1cccc(C(F)(F)F)n1. The van der Waals surface area contributed by atoms with E-state index in [0.717, 1.165) is 49.3 Å². The van der Waals surface area contributed by atoms with Crippen molar-refractivity contribution in [2.75, 3.05) is 23.7 Å². The van der Waals surface area contributed by atoms with Crippen molar-refractivity contribution >= 4 is 40.0 Å². The number of aromatic nitrogens is 3. The van der Waals surface area contributed by atoms with E-state index < -0.39 is 35.1 Å². The van der Waals surface area contributed by atoms with Crippen LogP contribution in [0.25, 0.3) is 10.9 Å². The monoisotopic (exact) mass is 663 g/mol. The average molecular weight is 664 g/mol. The number of carbonyl (C=O) groups is 3. The van der Waals surface area contributed by atoms with Crippen LogP contribution in [0.1, 0.15) is 72.9 Å². The number of piperidine rings is 2. The Bertz CT molecular complexity index is 1860. The summed E-state index contributed by atoms with van der Waals surface area (Å²) < 4.78 is 41.4. The summed E-state index contributed by atoms with van der Waals surface area (Å²) in [6, 6.07) is 13.9. The number of benzene rings is 2. The highest BCUT2D eigenvalue weighted by molar-refractivity contribution is 6.04. The first-order chi connectivity index (χ1) is 22.7. The molecule has 0 radical (unpaired) electrons. The molecule has 4 aromatic rings. The molecule has 2 aliphatic rings. The molecule has 2 saturated heterocycles. The van der Waals surface area contributed by atoms with Gasteiger partial charge in [0, 0.05) is 54.6 Å². The molecule has 48 heavy (non-hydrogen) atoms. The van der Waals surface area contributed by atoms with Crippen LogP contribution in [0.5, 0.6) is 0 Å². The van der Waals surface area contributed by atoms with Crippen LogP contribution < -0.4 is 16.0 Å². The van der Waals surface area contributed by atoms with Crippen molar-refractivity contribution in [1.82, 2.24) is 25.0 Å². The number of alkyl halides is 3. The molecule has 252 valence electrons. The summed E-state index contributed by atoms with van der Waals surface area (Å²) in [6.07, 6.45) is -0.437. The summed E-state index contributed by atoms with van der Waals surface area (Å²) in [5.41, 5.74) is 0.172. The second-order valence-electron chi connectivity index (χ2n) is 12.8. The number of anilines is 2. The van der Waals surface area contributed by atoms with Crippen LogP contribution in [0.4, 0.5) is 24.5 Å². The maximum absolute atomic E-state index is 13.2. The molecular formula is C34H36F3N7O4. The highest BCUT2D eigenvalue weighted by atomic mass is 19.4. The van der Waals surface area contributed by atoms with Crippen molar-refractivity contribution in [3.63, 3.8) is 0 Å². The van der Waals surface area contributed by atoms with Crippen molar-refractivity contribution in [2.24, 2.45) is 0 Å². The number of hydrogen-bond donors (Lipinski definition) is 4. The van der Waals surface area contributed by atoms with E-state index in [4.69, 9.17) is 5.10 Å². The minimum atomic E-state index is -4.70. The van der Waals surface area contributed by atoms with Gasteiger partial charge in [-0.2, -0.15) is 18.3 Å². The van der Waals surface area contributed by atoms with Crippen molar-refractivity contribution < 1.29 is 32.7 Å². The quantitative estimate of drug-likeness (QED) is 0.194. The number of rotatable bonds is 8. The van der Waals surface area contributed by atoms with Crippen LogP contribution in [-0.4, -0.2) is 61.6 Å². The molecule has 6 rings (SSSR count). The Kier molecular flexibility index (Phi) is 8.96. The predicted octanol–water partition coefficient (Wildman–Crippen LogP) is 4.98. The minimum Gasteiger partial charge on any atom is -0.386 e. The second kappa shape index (κ2) is 13.0. The molecule has 2 aliphatic heterocycles. The zero-order valence-electron chi connectivity index (χ0n) is 26.5. The Hall–Kier alpha value is -4.82. The molecule has 4 heterocycles. The largest absolute Gasteiger partial charge is 0.433 e. The van der Waals surface area contributed by atoms with Crippen LogP contribution in [0, 0.1) is 0 Å². The first-order valence-electron chi connectivity index (χ1n) is 15.8. The number of likely N-dealkylation sites (tertiary alicyclic amines) is 1. The van der Waals surface area contributed by atoms with Gasteiger partial charge in [-0.15, -0.1) is 0 Å². The minimum absolute atomic E-state index is 0.100. The van der Waals surface area contributed by atoms with E-state index >= 15 is 0 Å². The number of para-hydroxylation sites is 1. The highest BCUT2D eigenvalue weighted by Crippen LogP contribution is 2.34. The molecule has 2 aromatic carbocycles. The lowest BCUT2D eigenvalue weighted by molar-refractivity contribution is -0.141. The van der Waals surface area contributed by atoms with Crippen LogP contribution in [0.15, 0.2) is 60.8 Å². The van der Waals surface area contributed by atoms with Crippen molar-refractivity contribution in [1.29, 1.82) is 0 Å². The van der Waals surface area contributed by atoms with E-state index in [-0.39, 0.29) is 23.5 Å². The van der Waals surface area contributed by atoms with Crippen molar-refractivity contribution in [2.45, 2.75) is 69.9 Å². The van der Waals surface area contributed by atoms with Crippen LogP contribution in [0.3, 0.4) is 0 Å². The molecule has 14 heteroatoms. The fourth-order valence-electron chi connectivity index (χ4n) is 6.19. The first-order valence-corrected chi connectivity index (χ1v) is 15.8. The molecule has 0 bridgehead atoms. The van der Waals surface area contributed by atoms with Gasteiger partial charge in [0.1, 0.15) is 17.4 Å². The van der Waals surface area contributed by atoms with E-state index in [1.807, 2.05) is 35.1 Å². The fourth-order valence-corrected chi connectivity index (χ4v) is 6.19. The molecule has 3 amide bonds. The summed E-state index contributed by atoms with van der Waals surface area (Å²) in [7, 11) is 0. The highest BCUT2D eigenvalue weighted by Gasteiger charge is 2.33. The number of hydrogen-bond acceptors (Lipinski definition) is 8. The Balaban J connectivity index is 1.14. The van der Waals surface area contributed by atoms with Gasteiger partial charge in [0.15, 0.2) is 0 Å². The zero-order valence-corrected chi connectivity index (χ0v) is 26.5. The number of fused-ring (bicyclic) bond motifs is 1. The van der Waals surface area contributed by atoms with Gasteiger partial charge in [0.2, 0.25) is 11.8 Å². The average Bonchev–Trinajstić information content (AvgIpc) is 3.45. The number of aliphatic hydroxyl groups is 1. The topological polar surface area (TPSA) is 141 Å². The van der Waals surface area contributed by atoms with E-state index in [1.165, 1.54) is 6.07 Å². The molecular weight excluding hydrogens is 627 g/mol. The van der Waals surface area contributed by atoms with E-state index in [9.17, 15) is 32.7 Å². The number of imide groups is 1. The molecule has 2 fully saturated rings. The molecule has 0 spiro atoms. The zero-order chi connectivity index (χ0) is 34.2. The summed E-state index contributed by atoms with van der Waals surface area (Å²) in [5.74, 6) is -1.40. The lowest BCUT2D eigenvalue weighted by Gasteiger charge is -2.33. The van der Waals surface area contributed by atoms with E-state index in [2.05, 4.69) is 25.8 Å². The molecule has 0 aliphatic carbocycles. The van der Waals surface area contributed by atoms with Gasteiger partial charge in [-0.1, -0.05) is 24.3 Å². The van der Waals surface area contributed by atoms with Gasteiger partial charge >= 0.3 is 6.18 Å². The number of halogens is 3. The lowest BCUT2D eigenvalue weighted by Crippen LogP contribution is -2.47. The molecule has 0 saturated carbocycles. The fraction of sp³-hybridized carbons (Fsp3) is 0.382. The summed E-state index contributed by atoms with van der Waals surface area (Å²) in [6.45, 7) is 5.39. The first kappa shape index (κ1) is 33.1. The summed E-state index contributed by atoms with van der Waals surface area (Å²) >= 11 is 0. The standard InChI is InChI=1S/C34H36F3N7O4/c1-33(2,48)23-17-27-21(16-28(23)40-31(46)25-8-5-9-29(39-25)34(35,36)37)19-44(42-27)22-12-14-43(15-13-22)18-20-6-3-4-7-24(20)38-26-10-11-30(45)41-32(26)47/h3-9,16-17,19,22,26,38,48H,10-15,18H2,1-2H3,(H,40,46)(H,41,45,47). The third-order valence-electron chi connectivity index (χ3n) is 8.75. The van der Waals surface area contributed by atoms with Crippen LogP contribution >= 0.6 is 0 Å². The van der Waals surface area contributed by atoms with Gasteiger partial charge < -0.3 is 15.7 Å². The van der Waals surface area contributed by atoms with Crippen molar-refractivity contribution in [3.8, 4) is 0 Å². The summed E-state index contributed by atoms with van der Waals surface area (Å²) in [5, 5.41) is 24.7. The smallest absolute Gasteiger partial charge is 0.386 e. The Morgan fingerprint density at radius 2 is 1.77 bits per heavy atom. The van der Waals surface area contributed by atoms with Gasteiger partial charge in [0.25, 0.3) is 5.91 Å². The summed E-state index contributed by atoms with van der Waals surface area (Å²) in [4.78, 5) is 42.6. The normalized spacial score (nSPS) is 18.2. The Labute approximate surface area is 274 Å². The number of nitrogens with one attached hydrogen (secondary N) is 3. The number of amides is 3. The van der Waals surface area contributed by atoms with Gasteiger partial charge in [-0.3, -0.25) is 29.3 Å². The molecule has 2 aromatic heterocycles. The molecule has 11 nitrogen and oxygen atoms in total. The van der Waals surface area contributed by atoms with Gasteiger partial charge in [0.05, 0.1) is 17.2 Å². The van der Waals surface area contributed by atoms with Gasteiger partial charge in [-0.25, -0.2) is 4.98 Å². The Morgan fingerprint density at radius 1 is 1.02 bits per heavy atom. The van der Waals surface area contributed by atoms with E-state index in [0.29, 0.717) is 35.9 Å². The van der Waals surface area contributed by atoms with Crippen LogP contribution in [0.2, 0.25) is 0 Å². The molecule has 4 N–H and O–H groups in total. The van der Waals surface area contributed by atoms with Gasteiger partial charge in [-0.05, 0) is 69.0 Å². The predicted molar refractivity (Wildman–Crippen MR) is 172 cm³/mol. The second-order valence-corrected chi connectivity index (χ2v) is 12.8. The maximum atomic E-state index is 13.2. The lowest BCUT2D eigenvalue weighted by atomic mass is 9.95. The van der Waals surface area contributed by atoms with E-state index in [1.54, 1.807) is 26.0 Å². The Morgan fingerprint density at radius 3 is 2.48 bits per heavy atom.